The quantitative estimate of drug-likeness (QED) is 0.125. The third-order valence-corrected chi connectivity index (χ3v) is 23.7. The van der Waals surface area contributed by atoms with Gasteiger partial charge in [0.1, 0.15) is 31.0 Å². The fraction of sp³-hybridized carbons (Fsp3) is 0.620. The fourth-order valence-corrected chi connectivity index (χ4v) is 16.5. The van der Waals surface area contributed by atoms with Crippen LogP contribution in [0.3, 0.4) is 0 Å². The van der Waals surface area contributed by atoms with E-state index in [1.807, 2.05) is 26.8 Å². The summed E-state index contributed by atoms with van der Waals surface area (Å²) >= 11 is 0. The van der Waals surface area contributed by atoms with Gasteiger partial charge in [-0.25, -0.2) is 0 Å². The fourth-order valence-electron chi connectivity index (χ4n) is 10.5. The van der Waals surface area contributed by atoms with Gasteiger partial charge in [-0.3, -0.25) is 4.79 Å². The van der Waals surface area contributed by atoms with Crippen LogP contribution in [0.5, 0.6) is 0 Å². The van der Waals surface area contributed by atoms with Crippen molar-refractivity contribution in [2.24, 2.45) is 23.2 Å². The van der Waals surface area contributed by atoms with Crippen LogP contribution < -0.4 is 10.4 Å². The van der Waals surface area contributed by atoms with Crippen molar-refractivity contribution < 1.29 is 32.6 Å². The first-order chi connectivity index (χ1) is 27.7. The third kappa shape index (κ3) is 9.42. The lowest BCUT2D eigenvalue weighted by atomic mass is 9.54. The lowest BCUT2D eigenvalue weighted by molar-refractivity contribution is -0.346. The molecule has 4 saturated carbocycles. The molecule has 5 aliphatic rings. The summed E-state index contributed by atoms with van der Waals surface area (Å²) in [5.41, 5.74) is 0.0854. The van der Waals surface area contributed by atoms with E-state index in [4.69, 9.17) is 27.8 Å². The molecule has 3 aromatic rings. The van der Waals surface area contributed by atoms with Crippen molar-refractivity contribution in [2.45, 2.75) is 167 Å². The molecule has 7 nitrogen and oxygen atoms in total. The highest BCUT2D eigenvalue weighted by Gasteiger charge is 2.61. The van der Waals surface area contributed by atoms with E-state index in [9.17, 15) is 4.79 Å². The summed E-state index contributed by atoms with van der Waals surface area (Å²) in [7, 11) is -5.77. The summed E-state index contributed by atoms with van der Waals surface area (Å²) in [6, 6.07) is 31.8. The predicted molar refractivity (Wildman–Crippen MR) is 241 cm³/mol. The van der Waals surface area contributed by atoms with Gasteiger partial charge in [-0.05, 0) is 116 Å². The highest BCUT2D eigenvalue weighted by atomic mass is 28.4. The minimum absolute atomic E-state index is 0.00245. The Morgan fingerprint density at radius 1 is 0.661 bits per heavy atom. The number of carbonyl (C=O) groups excluding carboxylic acids is 1. The van der Waals surface area contributed by atoms with Gasteiger partial charge in [0.15, 0.2) is 14.6 Å². The average molecular weight is 841 g/mol. The molecule has 4 bridgehead atoms. The van der Waals surface area contributed by atoms with Crippen molar-refractivity contribution in [1.82, 2.24) is 0 Å². The van der Waals surface area contributed by atoms with E-state index >= 15 is 0 Å². The Balaban J connectivity index is 1.40. The van der Waals surface area contributed by atoms with Crippen molar-refractivity contribution >= 4 is 33.0 Å². The molecular weight excluding hydrogens is 769 g/mol. The van der Waals surface area contributed by atoms with Crippen molar-refractivity contribution in [3.63, 3.8) is 0 Å². The van der Waals surface area contributed by atoms with Crippen LogP contribution in [0.15, 0.2) is 91.0 Å². The zero-order chi connectivity index (χ0) is 42.4. The van der Waals surface area contributed by atoms with Crippen molar-refractivity contribution in [2.75, 3.05) is 6.61 Å². The van der Waals surface area contributed by atoms with Gasteiger partial charge in [0.25, 0.3) is 8.32 Å². The molecule has 0 unspecified atom stereocenters. The molecule has 5 fully saturated rings. The molecular formula is C50H72O7Si2. The maximum Gasteiger partial charge on any atom is 0.311 e. The van der Waals surface area contributed by atoms with E-state index < -0.39 is 52.8 Å². The minimum Gasteiger partial charge on any atom is -0.462 e. The van der Waals surface area contributed by atoms with Crippen LogP contribution in [0.1, 0.15) is 106 Å². The van der Waals surface area contributed by atoms with E-state index in [1.165, 1.54) is 19.3 Å². The molecule has 1 heterocycles. The van der Waals surface area contributed by atoms with Crippen LogP contribution in [-0.2, 0) is 39.2 Å². The second-order valence-corrected chi connectivity index (χ2v) is 31.0. The van der Waals surface area contributed by atoms with Crippen LogP contribution in [0, 0.1) is 23.2 Å². The Labute approximate surface area is 357 Å². The van der Waals surface area contributed by atoms with Crippen LogP contribution in [0.4, 0.5) is 0 Å². The second-order valence-electron chi connectivity index (χ2n) is 22.0. The Morgan fingerprint density at radius 2 is 1.15 bits per heavy atom. The van der Waals surface area contributed by atoms with Gasteiger partial charge in [0, 0.05) is 0 Å². The van der Waals surface area contributed by atoms with E-state index in [0.717, 1.165) is 35.2 Å². The summed E-state index contributed by atoms with van der Waals surface area (Å²) in [4.78, 5) is 13.7. The van der Waals surface area contributed by atoms with Crippen molar-refractivity contribution in [3.8, 4) is 0 Å². The summed E-state index contributed by atoms with van der Waals surface area (Å²) in [5, 5.41) is 1.85. The Bertz CT molecular complexity index is 1770. The maximum absolute atomic E-state index is 13.7. The summed E-state index contributed by atoms with van der Waals surface area (Å²) in [6.07, 6.45) is 3.67. The van der Waals surface area contributed by atoms with E-state index in [2.05, 4.69) is 140 Å². The monoisotopic (exact) mass is 840 g/mol. The van der Waals surface area contributed by atoms with Crippen molar-refractivity contribution in [1.29, 1.82) is 0 Å². The summed E-state index contributed by atoms with van der Waals surface area (Å²) < 4.78 is 44.3. The van der Waals surface area contributed by atoms with Gasteiger partial charge in [-0.2, -0.15) is 0 Å². The smallest absolute Gasteiger partial charge is 0.311 e. The Morgan fingerprint density at radius 3 is 1.61 bits per heavy atom. The highest BCUT2D eigenvalue weighted by molar-refractivity contribution is 6.99. The summed E-state index contributed by atoms with van der Waals surface area (Å²) in [6.45, 7) is 24.4. The summed E-state index contributed by atoms with van der Waals surface area (Å²) in [5.74, 6) is 1.76. The number of esters is 1. The number of carbonyl (C=O) groups is 1. The molecule has 5 atom stereocenters. The van der Waals surface area contributed by atoms with E-state index in [0.29, 0.717) is 24.4 Å². The number of ether oxygens (including phenoxy) is 4. The topological polar surface area (TPSA) is 72.5 Å². The van der Waals surface area contributed by atoms with Crippen molar-refractivity contribution in [3.05, 3.63) is 96.6 Å². The first kappa shape index (κ1) is 44.4. The number of rotatable bonds is 13. The molecule has 0 N–H and O–H groups in total. The van der Waals surface area contributed by atoms with Gasteiger partial charge in [0.2, 0.25) is 0 Å². The Hall–Kier alpha value is -2.64. The van der Waals surface area contributed by atoms with Gasteiger partial charge in [0.05, 0.1) is 17.6 Å². The van der Waals surface area contributed by atoms with Gasteiger partial charge in [-0.1, -0.05) is 133 Å². The molecule has 0 aromatic heterocycles. The molecule has 59 heavy (non-hydrogen) atoms. The number of hydrogen-bond donors (Lipinski definition) is 0. The highest BCUT2D eigenvalue weighted by Crippen LogP contribution is 2.58. The Kier molecular flexibility index (Phi) is 12.7. The average Bonchev–Trinajstić information content (AvgIpc) is 3.15. The van der Waals surface area contributed by atoms with E-state index in [-0.39, 0.29) is 28.3 Å². The molecule has 0 spiro atoms. The third-order valence-electron chi connectivity index (χ3n) is 14.2. The first-order valence-corrected chi connectivity index (χ1v) is 27.1. The molecule has 3 aromatic carbocycles. The SMILES string of the molecule is CC(C)(C)C(=O)OC[C@H]1O[C@@H](OC23CC4CC(CC(C4)C2)C3)[C@@H](OCc2ccccc2)[C@@H](O[Si](C)(C)C(C)(C)C)[C@@H]1O[Si](c1ccccc1)(c1ccccc1)C(C)(C)C. The van der Waals surface area contributed by atoms with Crippen LogP contribution >= 0.6 is 0 Å². The lowest BCUT2D eigenvalue weighted by Crippen LogP contribution is -2.73. The normalized spacial score (nSPS) is 30.0. The zero-order valence-electron chi connectivity index (χ0n) is 37.8. The van der Waals surface area contributed by atoms with E-state index in [1.54, 1.807) is 0 Å². The largest absolute Gasteiger partial charge is 0.462 e. The van der Waals surface area contributed by atoms with Crippen LogP contribution in [0.25, 0.3) is 0 Å². The molecule has 0 amide bonds. The predicted octanol–water partition coefficient (Wildman–Crippen LogP) is 10.2. The van der Waals surface area contributed by atoms with Gasteiger partial charge >= 0.3 is 5.97 Å². The molecule has 1 aliphatic heterocycles. The van der Waals surface area contributed by atoms with Gasteiger partial charge < -0.3 is 27.8 Å². The lowest BCUT2D eigenvalue weighted by Gasteiger charge is -2.59. The maximum atomic E-state index is 13.7. The minimum atomic E-state index is -3.22. The van der Waals surface area contributed by atoms with Crippen LogP contribution in [0.2, 0.25) is 23.2 Å². The molecule has 322 valence electrons. The standard InChI is InChI=1S/C50H72O7Si2/c1-47(2,3)46(51)53-34-41-42(57-59(49(7,8)9,39-23-17-13-18-24-39)40-25-19-14-20-26-40)43(56-58(10,11)48(4,5)6)44(52-33-35-21-15-12-16-22-35)45(54-41)55-50-30-36-27-37(31-50)29-38(28-36)32-50/h12-26,36-38,41-45H,27-34H2,1-11H3/t36?,37?,38?,41-,42-,43+,44+,45+,50?/m1/s1. The van der Waals surface area contributed by atoms with Crippen LogP contribution in [-0.4, -0.2) is 65.5 Å². The molecule has 1 saturated heterocycles. The zero-order valence-corrected chi connectivity index (χ0v) is 39.8. The van der Waals surface area contributed by atoms with Gasteiger partial charge in [-0.15, -0.1) is 0 Å². The first-order valence-electron chi connectivity index (χ1n) is 22.3. The number of benzene rings is 3. The molecule has 4 aliphatic carbocycles. The number of hydrogen-bond acceptors (Lipinski definition) is 7. The molecule has 8 rings (SSSR count). The molecule has 0 radical (unpaired) electrons. The molecule has 9 heteroatoms. The second kappa shape index (κ2) is 16.9.